The molecule has 2 aromatic rings. The number of oxime groups is 1. The van der Waals surface area contributed by atoms with Gasteiger partial charge in [-0.05, 0) is 23.7 Å². The van der Waals surface area contributed by atoms with E-state index in [4.69, 9.17) is 16.3 Å². The normalized spacial score (nSPS) is 23.6. The summed E-state index contributed by atoms with van der Waals surface area (Å²) in [4.78, 5) is 52.8. The summed E-state index contributed by atoms with van der Waals surface area (Å²) in [6, 6.07) is 0.799. The highest BCUT2D eigenvalue weighted by atomic mass is 32.2. The highest BCUT2D eigenvalue weighted by Gasteiger charge is 2.57. The molecule has 6 N–H and O–H groups in total. The van der Waals surface area contributed by atoms with Gasteiger partial charge in [-0.15, -0.1) is 11.8 Å². The number of carbonyl (C=O) groups is 3. The maximum atomic E-state index is 12.9. The molecule has 2 aliphatic rings. The molecule has 192 valence electrons. The molecule has 0 radical (unpaired) electrons. The van der Waals surface area contributed by atoms with Crippen molar-refractivity contribution in [3.63, 3.8) is 0 Å². The maximum absolute atomic E-state index is 12.9. The third kappa shape index (κ3) is 5.03. The second kappa shape index (κ2) is 10.4. The first-order chi connectivity index (χ1) is 17.1. The molecule has 3 atom stereocenters. The lowest BCUT2D eigenvalue weighted by molar-refractivity contribution is -0.713. The van der Waals surface area contributed by atoms with E-state index >= 15 is 0 Å². The number of rotatable bonds is 9. The number of anilines is 2. The molecule has 14 nitrogen and oxygen atoms in total. The molecule has 2 aromatic heterocycles. The SMILES string of the molecule is CCON=C(C(=O)NC1C(=O)N2CC(CSc3nc(N)cc[n+]3C)(C(=O)O)CS[C@H]12)c1nsc(N)n1. The number of nitrogens with zero attached hydrogens (tertiary/aromatic N) is 6. The number of carbonyl (C=O) groups excluding carboxylic acids is 2. The number of hydrogen-bond donors (Lipinski definition) is 4. The lowest BCUT2D eigenvalue weighted by Gasteiger charge is -2.53. The van der Waals surface area contributed by atoms with Crippen LogP contribution in [0.15, 0.2) is 22.6 Å². The lowest BCUT2D eigenvalue weighted by Crippen LogP contribution is -2.74. The molecular weight excluding hydrogens is 530 g/mol. The molecular formula is C19H24N9O5S3+. The summed E-state index contributed by atoms with van der Waals surface area (Å²) in [7, 11) is 1.79. The fraction of sp³-hybridized carbons (Fsp3) is 0.474. The summed E-state index contributed by atoms with van der Waals surface area (Å²) in [6.07, 6.45) is 1.74. The number of carboxylic acids is 1. The van der Waals surface area contributed by atoms with E-state index in [1.807, 2.05) is 0 Å². The Labute approximate surface area is 218 Å². The number of nitrogen functional groups attached to an aromatic ring is 2. The first-order valence-electron chi connectivity index (χ1n) is 10.7. The summed E-state index contributed by atoms with van der Waals surface area (Å²) in [6.45, 7) is 1.92. The van der Waals surface area contributed by atoms with E-state index in [2.05, 4.69) is 24.8 Å². The van der Waals surface area contributed by atoms with E-state index in [0.717, 1.165) is 11.5 Å². The molecule has 0 spiro atoms. The monoisotopic (exact) mass is 554 g/mol. The fourth-order valence-corrected chi connectivity index (χ4v) is 6.84. The van der Waals surface area contributed by atoms with Crippen molar-refractivity contribution in [1.82, 2.24) is 24.6 Å². The Balaban J connectivity index is 1.44. The van der Waals surface area contributed by atoms with Gasteiger partial charge in [-0.25, -0.2) is 4.57 Å². The molecule has 0 aliphatic carbocycles. The number of aromatic nitrogens is 4. The number of hydrogen-bond acceptors (Lipinski definition) is 13. The fourth-order valence-electron chi connectivity index (χ4n) is 3.58. The molecule has 0 saturated carbocycles. The van der Waals surface area contributed by atoms with Crippen LogP contribution in [0.1, 0.15) is 12.7 Å². The van der Waals surface area contributed by atoms with Gasteiger partial charge in [-0.1, -0.05) is 5.16 Å². The zero-order valence-electron chi connectivity index (χ0n) is 19.3. The Kier molecular flexibility index (Phi) is 7.51. The minimum atomic E-state index is -1.20. The molecule has 4 heterocycles. The summed E-state index contributed by atoms with van der Waals surface area (Å²) >= 11 is 3.46. The van der Waals surface area contributed by atoms with Gasteiger partial charge in [0.05, 0.1) is 13.2 Å². The standard InChI is InChI=1S/C19H23N9O5S3/c1-3-33-25-10(12-24-17(21)36-26-12)13(29)23-11-14(30)28-6-19(16(31)32,7-34-15(11)28)8-35-18-22-9(20)4-5-27(18)2/h4-5,11,15,20H,3,6-8H2,1-2H3,(H4,21,23,24,26,29,31,32)/p+1/t11?,15-,19?/m1/s1. The van der Waals surface area contributed by atoms with E-state index in [9.17, 15) is 19.5 Å². The summed E-state index contributed by atoms with van der Waals surface area (Å²) < 4.78 is 5.74. The summed E-state index contributed by atoms with van der Waals surface area (Å²) in [5, 5.41) is 16.8. The average Bonchev–Trinajstić information content (AvgIpc) is 3.28. The highest BCUT2D eigenvalue weighted by molar-refractivity contribution is 8.00. The average molecular weight is 555 g/mol. The number of β-lactam (4-membered cyclic amide) rings is 1. The molecule has 2 amide bonds. The predicted molar refractivity (Wildman–Crippen MR) is 133 cm³/mol. The van der Waals surface area contributed by atoms with E-state index in [1.165, 1.54) is 28.4 Å². The van der Waals surface area contributed by atoms with Gasteiger partial charge in [-0.2, -0.15) is 9.36 Å². The number of aliphatic carboxylic acids is 1. The zero-order valence-corrected chi connectivity index (χ0v) is 21.7. The van der Waals surface area contributed by atoms with Crippen molar-refractivity contribution in [3.8, 4) is 0 Å². The molecule has 2 unspecified atom stereocenters. The van der Waals surface area contributed by atoms with E-state index in [-0.39, 0.29) is 47.2 Å². The Morgan fingerprint density at radius 3 is 2.89 bits per heavy atom. The molecule has 2 fully saturated rings. The van der Waals surface area contributed by atoms with Crippen LogP contribution in [0, 0.1) is 5.41 Å². The number of fused-ring (bicyclic) bond motifs is 1. The quantitative estimate of drug-likeness (QED) is 0.0730. The highest BCUT2D eigenvalue weighted by Crippen LogP contribution is 2.44. The number of amides is 2. The van der Waals surface area contributed by atoms with Gasteiger partial charge in [0.1, 0.15) is 23.4 Å². The molecule has 2 saturated heterocycles. The first kappa shape index (κ1) is 25.9. The Morgan fingerprint density at radius 2 is 2.22 bits per heavy atom. The van der Waals surface area contributed by atoms with Crippen molar-refractivity contribution < 1.29 is 28.9 Å². The van der Waals surface area contributed by atoms with Crippen LogP contribution in [0.5, 0.6) is 0 Å². The van der Waals surface area contributed by atoms with Gasteiger partial charge in [0, 0.05) is 35.6 Å². The van der Waals surface area contributed by atoms with Crippen molar-refractivity contribution in [2.75, 3.05) is 36.1 Å². The van der Waals surface area contributed by atoms with Gasteiger partial charge in [0.2, 0.25) is 23.3 Å². The Hall–Kier alpha value is -3.18. The Morgan fingerprint density at radius 1 is 1.44 bits per heavy atom. The molecule has 36 heavy (non-hydrogen) atoms. The van der Waals surface area contributed by atoms with Crippen molar-refractivity contribution in [3.05, 3.63) is 18.1 Å². The minimum Gasteiger partial charge on any atom is -0.481 e. The number of aryl methyl sites for hydroxylation is 1. The van der Waals surface area contributed by atoms with Gasteiger partial charge in [0.15, 0.2) is 5.13 Å². The molecule has 2 aliphatic heterocycles. The van der Waals surface area contributed by atoms with Gasteiger partial charge in [0.25, 0.3) is 5.91 Å². The molecule has 0 aromatic carbocycles. The van der Waals surface area contributed by atoms with Crippen LogP contribution < -0.4 is 21.4 Å². The lowest BCUT2D eigenvalue weighted by atomic mass is 9.89. The molecule has 4 rings (SSSR count). The number of nitrogens with one attached hydrogen (secondary N) is 1. The van der Waals surface area contributed by atoms with E-state index in [1.54, 1.807) is 30.8 Å². The topological polar surface area (TPSA) is 203 Å². The Bertz CT molecular complexity index is 1220. The second-order valence-corrected chi connectivity index (χ2v) is 10.9. The summed E-state index contributed by atoms with van der Waals surface area (Å²) in [5.74, 6) is -1.32. The van der Waals surface area contributed by atoms with Gasteiger partial charge >= 0.3 is 11.1 Å². The summed E-state index contributed by atoms with van der Waals surface area (Å²) in [5.41, 5.74) is 9.98. The maximum Gasteiger partial charge on any atom is 0.361 e. The smallest absolute Gasteiger partial charge is 0.361 e. The third-order valence-electron chi connectivity index (χ3n) is 5.51. The predicted octanol–water partition coefficient (Wildman–Crippen LogP) is -1.07. The van der Waals surface area contributed by atoms with Crippen LogP contribution in [0.3, 0.4) is 0 Å². The zero-order chi connectivity index (χ0) is 26.0. The van der Waals surface area contributed by atoms with Crippen molar-refractivity contribution in [2.24, 2.45) is 17.6 Å². The van der Waals surface area contributed by atoms with Crippen LogP contribution in [0.25, 0.3) is 0 Å². The van der Waals surface area contributed by atoms with Crippen molar-refractivity contribution >= 4 is 69.5 Å². The second-order valence-electron chi connectivity index (χ2n) is 8.05. The minimum absolute atomic E-state index is 0.00591. The van der Waals surface area contributed by atoms with Crippen molar-refractivity contribution in [2.45, 2.75) is 23.5 Å². The molecule has 0 bridgehead atoms. The van der Waals surface area contributed by atoms with Crippen LogP contribution in [0.2, 0.25) is 0 Å². The largest absolute Gasteiger partial charge is 0.481 e. The number of thioether (sulfide) groups is 2. The van der Waals surface area contributed by atoms with Gasteiger partial charge in [-0.3, -0.25) is 14.4 Å². The van der Waals surface area contributed by atoms with Crippen LogP contribution in [0.4, 0.5) is 10.9 Å². The van der Waals surface area contributed by atoms with Crippen molar-refractivity contribution in [1.29, 1.82) is 0 Å². The first-order valence-corrected chi connectivity index (χ1v) is 13.5. The van der Waals surface area contributed by atoms with E-state index in [0.29, 0.717) is 11.0 Å². The van der Waals surface area contributed by atoms with E-state index < -0.39 is 28.7 Å². The molecule has 17 heteroatoms. The van der Waals surface area contributed by atoms with Crippen LogP contribution in [-0.4, -0.2) is 83.9 Å². The number of carboxylic acid groups (broad SMARTS) is 1. The third-order valence-corrected chi connectivity index (χ3v) is 8.98. The van der Waals surface area contributed by atoms with Crippen LogP contribution >= 0.6 is 35.1 Å². The van der Waals surface area contributed by atoms with Crippen LogP contribution in [-0.2, 0) is 26.3 Å². The number of nitrogens with two attached hydrogens (primary N) is 2. The van der Waals surface area contributed by atoms with Gasteiger partial charge < -0.3 is 31.6 Å².